The SMILES string of the molecule is COCCN(Cc1nc2ccccc2c(=O)[nH]1)C(=O)c1cccc(OC(F)F)c1. The molecule has 0 aliphatic carbocycles. The van der Waals surface area contributed by atoms with Gasteiger partial charge in [0.2, 0.25) is 0 Å². The summed E-state index contributed by atoms with van der Waals surface area (Å²) < 4.78 is 34.3. The number of halogens is 2. The van der Waals surface area contributed by atoms with Crippen LogP contribution in [0.15, 0.2) is 53.3 Å². The van der Waals surface area contributed by atoms with Crippen LogP contribution < -0.4 is 10.3 Å². The average molecular weight is 403 g/mol. The zero-order valence-corrected chi connectivity index (χ0v) is 15.6. The molecule has 1 amide bonds. The maximum Gasteiger partial charge on any atom is 0.387 e. The number of alkyl halides is 2. The van der Waals surface area contributed by atoms with Crippen LogP contribution in [0.5, 0.6) is 5.75 Å². The molecule has 9 heteroatoms. The van der Waals surface area contributed by atoms with E-state index < -0.39 is 12.5 Å². The first-order chi connectivity index (χ1) is 14.0. The lowest BCUT2D eigenvalue weighted by Gasteiger charge is -2.22. The molecule has 3 rings (SSSR count). The lowest BCUT2D eigenvalue weighted by atomic mass is 10.2. The molecule has 1 aromatic heterocycles. The van der Waals surface area contributed by atoms with E-state index in [4.69, 9.17) is 4.74 Å². The molecule has 7 nitrogen and oxygen atoms in total. The Kier molecular flexibility index (Phi) is 6.50. The van der Waals surface area contributed by atoms with Gasteiger partial charge in [0.25, 0.3) is 11.5 Å². The largest absolute Gasteiger partial charge is 0.435 e. The molecule has 0 unspecified atom stereocenters. The van der Waals surface area contributed by atoms with Gasteiger partial charge in [-0.25, -0.2) is 4.98 Å². The Hall–Kier alpha value is -3.33. The number of carbonyl (C=O) groups excluding carboxylic acids is 1. The van der Waals surface area contributed by atoms with Crippen LogP contribution in [0.1, 0.15) is 16.2 Å². The summed E-state index contributed by atoms with van der Waals surface area (Å²) in [6.07, 6.45) is 0. The van der Waals surface area contributed by atoms with Gasteiger partial charge in [-0.3, -0.25) is 9.59 Å². The van der Waals surface area contributed by atoms with E-state index in [0.29, 0.717) is 16.7 Å². The van der Waals surface area contributed by atoms with Crippen molar-refractivity contribution in [2.24, 2.45) is 0 Å². The maximum atomic E-state index is 12.9. The zero-order valence-electron chi connectivity index (χ0n) is 15.6. The van der Waals surface area contributed by atoms with Crippen LogP contribution in [0, 0.1) is 0 Å². The van der Waals surface area contributed by atoms with Crippen LogP contribution in [0.2, 0.25) is 0 Å². The number of carbonyl (C=O) groups is 1. The second-order valence-corrected chi connectivity index (χ2v) is 6.16. The fourth-order valence-corrected chi connectivity index (χ4v) is 2.83. The Bertz CT molecular complexity index is 1060. The summed E-state index contributed by atoms with van der Waals surface area (Å²) in [4.78, 5) is 33.7. The highest BCUT2D eigenvalue weighted by Gasteiger charge is 2.19. The highest BCUT2D eigenvalue weighted by molar-refractivity contribution is 5.94. The first kappa shape index (κ1) is 20.4. The minimum absolute atomic E-state index is 0.0161. The van der Waals surface area contributed by atoms with Gasteiger partial charge in [0.1, 0.15) is 11.6 Å². The number of fused-ring (bicyclic) bond motifs is 1. The predicted molar refractivity (Wildman–Crippen MR) is 102 cm³/mol. The van der Waals surface area contributed by atoms with Crippen LogP contribution in [-0.4, -0.2) is 47.6 Å². The number of aromatic nitrogens is 2. The van der Waals surface area contributed by atoms with Crippen molar-refractivity contribution >= 4 is 16.8 Å². The molecule has 0 atom stereocenters. The summed E-state index contributed by atoms with van der Waals surface area (Å²) in [6.45, 7) is -2.51. The molecule has 152 valence electrons. The standard InChI is InChI=1S/C20H19F2N3O4/c1-28-10-9-25(19(27)13-5-4-6-14(11-13)29-20(21)22)12-17-23-16-8-3-2-7-15(16)18(26)24-17/h2-8,11,20H,9-10,12H2,1H3,(H,23,24,26). The molecule has 0 radical (unpaired) electrons. The molecular weight excluding hydrogens is 384 g/mol. The smallest absolute Gasteiger partial charge is 0.387 e. The predicted octanol–water partition coefficient (Wildman–Crippen LogP) is 2.81. The summed E-state index contributed by atoms with van der Waals surface area (Å²) >= 11 is 0. The minimum Gasteiger partial charge on any atom is -0.435 e. The third-order valence-electron chi connectivity index (χ3n) is 4.16. The molecule has 0 saturated carbocycles. The van der Waals surface area contributed by atoms with Gasteiger partial charge in [0.05, 0.1) is 24.1 Å². The molecule has 3 aromatic rings. The number of hydrogen-bond donors (Lipinski definition) is 1. The molecule has 0 bridgehead atoms. The Labute approximate surface area is 164 Å². The quantitative estimate of drug-likeness (QED) is 0.625. The maximum absolute atomic E-state index is 12.9. The third-order valence-corrected chi connectivity index (χ3v) is 4.16. The zero-order chi connectivity index (χ0) is 20.8. The first-order valence-electron chi connectivity index (χ1n) is 8.79. The van der Waals surface area contributed by atoms with Crippen LogP contribution in [0.3, 0.4) is 0 Å². The van der Waals surface area contributed by atoms with E-state index >= 15 is 0 Å². The number of aromatic amines is 1. The highest BCUT2D eigenvalue weighted by Crippen LogP contribution is 2.18. The fourth-order valence-electron chi connectivity index (χ4n) is 2.83. The van der Waals surface area contributed by atoms with Crippen LogP contribution in [0.4, 0.5) is 8.78 Å². The Balaban J connectivity index is 1.88. The second-order valence-electron chi connectivity index (χ2n) is 6.16. The van der Waals surface area contributed by atoms with Crippen molar-refractivity contribution in [2.45, 2.75) is 13.2 Å². The normalized spacial score (nSPS) is 11.0. The van der Waals surface area contributed by atoms with Gasteiger partial charge in [0, 0.05) is 19.2 Å². The highest BCUT2D eigenvalue weighted by atomic mass is 19.3. The Morgan fingerprint density at radius 2 is 2.00 bits per heavy atom. The van der Waals surface area contributed by atoms with Crippen molar-refractivity contribution in [3.05, 3.63) is 70.3 Å². The molecule has 0 aliphatic heterocycles. The summed E-state index contributed by atoms with van der Waals surface area (Å²) in [5, 5.41) is 0.447. The number of benzene rings is 2. The van der Waals surface area contributed by atoms with E-state index in [9.17, 15) is 18.4 Å². The van der Waals surface area contributed by atoms with Crippen molar-refractivity contribution in [2.75, 3.05) is 20.3 Å². The molecule has 0 spiro atoms. The summed E-state index contributed by atoms with van der Waals surface area (Å²) in [5.74, 6) is -0.245. The van der Waals surface area contributed by atoms with Gasteiger partial charge >= 0.3 is 6.61 Å². The summed E-state index contributed by atoms with van der Waals surface area (Å²) in [5.41, 5.74) is 0.372. The van der Waals surface area contributed by atoms with Crippen molar-refractivity contribution in [1.29, 1.82) is 0 Å². The molecule has 29 heavy (non-hydrogen) atoms. The number of rotatable bonds is 8. The number of H-pyrrole nitrogens is 1. The van der Waals surface area contributed by atoms with Crippen molar-refractivity contribution in [1.82, 2.24) is 14.9 Å². The summed E-state index contributed by atoms with van der Waals surface area (Å²) in [6, 6.07) is 12.4. The van der Waals surface area contributed by atoms with Gasteiger partial charge in [-0.2, -0.15) is 8.78 Å². The lowest BCUT2D eigenvalue weighted by molar-refractivity contribution is -0.0499. The van der Waals surface area contributed by atoms with E-state index in [0.717, 1.165) is 0 Å². The molecule has 2 aromatic carbocycles. The number of para-hydroxylation sites is 1. The van der Waals surface area contributed by atoms with E-state index in [1.165, 1.54) is 36.3 Å². The monoisotopic (exact) mass is 403 g/mol. The molecule has 0 fully saturated rings. The Morgan fingerprint density at radius 1 is 1.21 bits per heavy atom. The third kappa shape index (κ3) is 5.14. The number of methoxy groups -OCH3 is 1. The van der Waals surface area contributed by atoms with Crippen LogP contribution >= 0.6 is 0 Å². The minimum atomic E-state index is -2.99. The molecule has 0 aliphatic rings. The van der Waals surface area contributed by atoms with Gasteiger partial charge < -0.3 is 19.4 Å². The van der Waals surface area contributed by atoms with Crippen LogP contribution in [0.25, 0.3) is 10.9 Å². The van der Waals surface area contributed by atoms with Gasteiger partial charge in [-0.05, 0) is 30.3 Å². The molecule has 1 heterocycles. The van der Waals surface area contributed by atoms with Crippen molar-refractivity contribution in [3.8, 4) is 5.75 Å². The number of ether oxygens (including phenoxy) is 2. The molecular formula is C20H19F2N3O4. The molecule has 0 saturated heterocycles. The van der Waals surface area contributed by atoms with Crippen molar-refractivity contribution < 1.29 is 23.0 Å². The fraction of sp³-hybridized carbons (Fsp3) is 0.250. The topological polar surface area (TPSA) is 84.5 Å². The Morgan fingerprint density at radius 3 is 2.76 bits per heavy atom. The number of nitrogens with one attached hydrogen (secondary N) is 1. The van der Waals surface area contributed by atoms with Gasteiger partial charge in [-0.15, -0.1) is 0 Å². The first-order valence-corrected chi connectivity index (χ1v) is 8.79. The summed E-state index contributed by atoms with van der Waals surface area (Å²) in [7, 11) is 1.50. The van der Waals surface area contributed by atoms with E-state index in [1.54, 1.807) is 24.3 Å². The van der Waals surface area contributed by atoms with Crippen LogP contribution in [-0.2, 0) is 11.3 Å². The average Bonchev–Trinajstić information content (AvgIpc) is 2.70. The number of nitrogens with zero attached hydrogens (tertiary/aromatic N) is 2. The van der Waals surface area contributed by atoms with Gasteiger partial charge in [-0.1, -0.05) is 18.2 Å². The number of amides is 1. The van der Waals surface area contributed by atoms with E-state index in [1.807, 2.05) is 0 Å². The second kappa shape index (κ2) is 9.24. The van der Waals surface area contributed by atoms with Crippen molar-refractivity contribution in [3.63, 3.8) is 0 Å². The van der Waals surface area contributed by atoms with E-state index in [-0.39, 0.29) is 36.6 Å². The molecule has 1 N–H and O–H groups in total. The van der Waals surface area contributed by atoms with Gasteiger partial charge in [0.15, 0.2) is 0 Å². The lowest BCUT2D eigenvalue weighted by Crippen LogP contribution is -2.34. The van der Waals surface area contributed by atoms with E-state index in [2.05, 4.69) is 14.7 Å². The number of hydrogen-bond acceptors (Lipinski definition) is 5.